The first-order chi connectivity index (χ1) is 9.58. The number of ether oxygens (including phenoxy) is 1. The summed E-state index contributed by atoms with van der Waals surface area (Å²) >= 11 is 1.61. The minimum absolute atomic E-state index is 0.195. The number of aromatic nitrogens is 2. The number of nitrogens with one attached hydrogen (secondary N) is 1. The summed E-state index contributed by atoms with van der Waals surface area (Å²) in [5, 5.41) is 13.6. The van der Waals surface area contributed by atoms with Crippen molar-refractivity contribution in [3.8, 4) is 5.75 Å². The molecule has 4 nitrogen and oxygen atoms in total. The zero-order valence-corrected chi connectivity index (χ0v) is 13.2. The van der Waals surface area contributed by atoms with Gasteiger partial charge in [-0.3, -0.25) is 0 Å². The summed E-state index contributed by atoms with van der Waals surface area (Å²) in [7, 11) is 0. The number of hydrogen-bond acceptors (Lipinski definition) is 5. The van der Waals surface area contributed by atoms with E-state index in [4.69, 9.17) is 4.74 Å². The van der Waals surface area contributed by atoms with Crippen molar-refractivity contribution in [1.29, 1.82) is 0 Å². The number of hydrogen-bond donors (Lipinski definition) is 1. The second-order valence-corrected chi connectivity index (χ2v) is 6.02. The lowest BCUT2D eigenvalue weighted by Crippen LogP contribution is -2.08. The Morgan fingerprint density at radius 1 is 1.15 bits per heavy atom. The zero-order valence-electron chi connectivity index (χ0n) is 12.4. The summed E-state index contributed by atoms with van der Waals surface area (Å²) in [6, 6.07) is 8.37. The van der Waals surface area contributed by atoms with E-state index >= 15 is 0 Å². The van der Waals surface area contributed by atoms with Crippen LogP contribution in [0.15, 0.2) is 24.3 Å². The average molecular weight is 291 g/mol. The van der Waals surface area contributed by atoms with Crippen LogP contribution < -0.4 is 10.1 Å². The highest BCUT2D eigenvalue weighted by atomic mass is 32.1. The van der Waals surface area contributed by atoms with Crippen molar-refractivity contribution in [2.75, 3.05) is 5.32 Å². The van der Waals surface area contributed by atoms with Gasteiger partial charge in [0.05, 0.1) is 12.1 Å². The van der Waals surface area contributed by atoms with Gasteiger partial charge < -0.3 is 10.1 Å². The van der Waals surface area contributed by atoms with Crippen molar-refractivity contribution in [2.45, 2.75) is 46.3 Å². The highest BCUT2D eigenvalue weighted by Gasteiger charge is 2.09. The van der Waals surface area contributed by atoms with Gasteiger partial charge in [-0.1, -0.05) is 30.4 Å². The van der Waals surface area contributed by atoms with Crippen LogP contribution in [0, 0.1) is 0 Å². The minimum Gasteiger partial charge on any atom is -0.491 e. The molecule has 2 aromatic rings. The predicted octanol–water partition coefficient (Wildman–Crippen LogP) is 4.06. The summed E-state index contributed by atoms with van der Waals surface area (Å²) < 4.78 is 5.64. The van der Waals surface area contributed by atoms with Crippen molar-refractivity contribution in [3.63, 3.8) is 0 Å². The molecule has 1 atom stereocenters. The quantitative estimate of drug-likeness (QED) is 0.872. The number of aryl methyl sites for hydroxylation is 1. The highest BCUT2D eigenvalue weighted by molar-refractivity contribution is 7.15. The van der Waals surface area contributed by atoms with E-state index in [-0.39, 0.29) is 12.1 Å². The largest absolute Gasteiger partial charge is 0.491 e. The van der Waals surface area contributed by atoms with Crippen LogP contribution in [0.25, 0.3) is 0 Å². The van der Waals surface area contributed by atoms with Crippen molar-refractivity contribution in [2.24, 2.45) is 0 Å². The van der Waals surface area contributed by atoms with Crippen LogP contribution >= 0.6 is 11.3 Å². The van der Waals surface area contributed by atoms with E-state index in [0.717, 1.165) is 22.3 Å². The summed E-state index contributed by atoms with van der Waals surface area (Å²) in [6.07, 6.45) is 1.12. The highest BCUT2D eigenvalue weighted by Crippen LogP contribution is 2.24. The first-order valence-corrected chi connectivity index (χ1v) is 7.75. The Morgan fingerprint density at radius 2 is 1.85 bits per heavy atom. The maximum Gasteiger partial charge on any atom is 0.206 e. The summed E-state index contributed by atoms with van der Waals surface area (Å²) in [6.45, 7) is 8.25. The second kappa shape index (κ2) is 6.70. The zero-order chi connectivity index (χ0) is 14.5. The molecule has 108 valence electrons. The fourth-order valence-electron chi connectivity index (χ4n) is 1.83. The van der Waals surface area contributed by atoms with Crippen LogP contribution in [0.3, 0.4) is 0 Å². The fraction of sp³-hybridized carbons (Fsp3) is 0.467. The Kier molecular flexibility index (Phi) is 4.95. The number of nitrogens with zero attached hydrogens (tertiary/aromatic N) is 2. The molecule has 0 radical (unpaired) electrons. The Balaban J connectivity index is 1.99. The monoisotopic (exact) mass is 291 g/mol. The predicted molar refractivity (Wildman–Crippen MR) is 83.5 cm³/mol. The van der Waals surface area contributed by atoms with Crippen LogP contribution in [0.1, 0.15) is 44.3 Å². The van der Waals surface area contributed by atoms with Crippen molar-refractivity contribution in [3.05, 3.63) is 34.8 Å². The molecule has 0 aliphatic rings. The molecule has 1 aromatic carbocycles. The lowest BCUT2D eigenvalue weighted by Gasteiger charge is -2.14. The smallest absolute Gasteiger partial charge is 0.206 e. The molecule has 20 heavy (non-hydrogen) atoms. The molecule has 1 aromatic heterocycles. The van der Waals surface area contributed by atoms with E-state index in [1.807, 2.05) is 26.0 Å². The molecule has 1 unspecified atom stereocenters. The standard InChI is InChI=1S/C15H21N3OS/c1-5-14-17-18-15(20-14)16-11(4)12-6-8-13(9-7-12)19-10(2)3/h6-11H,5H2,1-4H3,(H,16,18). The molecule has 0 amide bonds. The first-order valence-electron chi connectivity index (χ1n) is 6.94. The molecular formula is C15H21N3OS. The van der Waals surface area contributed by atoms with Crippen molar-refractivity contribution in [1.82, 2.24) is 10.2 Å². The number of rotatable bonds is 6. The third-order valence-electron chi connectivity index (χ3n) is 2.86. The Morgan fingerprint density at radius 3 is 2.40 bits per heavy atom. The Bertz CT molecular complexity index is 536. The van der Waals surface area contributed by atoms with Gasteiger partial charge in [0.2, 0.25) is 5.13 Å². The summed E-state index contributed by atoms with van der Waals surface area (Å²) in [5.74, 6) is 0.903. The number of benzene rings is 1. The molecule has 0 aliphatic heterocycles. The van der Waals surface area contributed by atoms with Crippen LogP contribution in [-0.2, 0) is 6.42 Å². The maximum atomic E-state index is 5.64. The van der Waals surface area contributed by atoms with Crippen LogP contribution in [0.4, 0.5) is 5.13 Å². The summed E-state index contributed by atoms with van der Waals surface area (Å²) in [5.41, 5.74) is 1.20. The maximum absolute atomic E-state index is 5.64. The normalized spacial score (nSPS) is 12.4. The van der Waals surface area contributed by atoms with Crippen LogP contribution in [0.5, 0.6) is 5.75 Å². The van der Waals surface area contributed by atoms with E-state index in [9.17, 15) is 0 Å². The van der Waals surface area contributed by atoms with Gasteiger partial charge >= 0.3 is 0 Å². The summed E-state index contributed by atoms with van der Waals surface area (Å²) in [4.78, 5) is 0. The Labute approximate surface area is 124 Å². The molecular weight excluding hydrogens is 270 g/mol. The molecule has 5 heteroatoms. The Hall–Kier alpha value is -1.62. The van der Waals surface area contributed by atoms with Gasteiger partial charge in [-0.15, -0.1) is 10.2 Å². The number of anilines is 1. The van der Waals surface area contributed by atoms with Crippen molar-refractivity contribution < 1.29 is 4.74 Å². The topological polar surface area (TPSA) is 47.0 Å². The molecule has 0 spiro atoms. The van der Waals surface area contributed by atoms with Gasteiger partial charge in [-0.2, -0.15) is 0 Å². The van der Waals surface area contributed by atoms with Gasteiger partial charge in [-0.05, 0) is 44.9 Å². The third-order valence-corrected chi connectivity index (χ3v) is 3.86. The van der Waals surface area contributed by atoms with Crippen LogP contribution in [-0.4, -0.2) is 16.3 Å². The molecule has 0 saturated heterocycles. The van der Waals surface area contributed by atoms with Gasteiger partial charge in [-0.25, -0.2) is 0 Å². The van der Waals surface area contributed by atoms with Gasteiger partial charge in [0, 0.05) is 0 Å². The first kappa shape index (κ1) is 14.8. The van der Waals surface area contributed by atoms with Gasteiger partial charge in [0.1, 0.15) is 10.8 Å². The van der Waals surface area contributed by atoms with E-state index in [2.05, 4.69) is 41.5 Å². The molecule has 0 bridgehead atoms. The molecule has 2 rings (SSSR count). The van der Waals surface area contributed by atoms with E-state index < -0.39 is 0 Å². The molecule has 0 aliphatic carbocycles. The lowest BCUT2D eigenvalue weighted by atomic mass is 10.1. The molecule has 0 saturated carbocycles. The van der Waals surface area contributed by atoms with Crippen molar-refractivity contribution >= 4 is 16.5 Å². The molecule has 1 heterocycles. The van der Waals surface area contributed by atoms with Gasteiger partial charge in [0.25, 0.3) is 0 Å². The third kappa shape index (κ3) is 3.93. The molecule has 0 fully saturated rings. The van der Waals surface area contributed by atoms with E-state index in [1.165, 1.54) is 5.56 Å². The minimum atomic E-state index is 0.195. The average Bonchev–Trinajstić information content (AvgIpc) is 2.86. The van der Waals surface area contributed by atoms with E-state index in [0.29, 0.717) is 0 Å². The van der Waals surface area contributed by atoms with Gasteiger partial charge in [0.15, 0.2) is 0 Å². The van der Waals surface area contributed by atoms with E-state index in [1.54, 1.807) is 11.3 Å². The van der Waals surface area contributed by atoms with Crippen LogP contribution in [0.2, 0.25) is 0 Å². The fourth-order valence-corrected chi connectivity index (χ4v) is 2.60. The molecule has 1 N–H and O–H groups in total. The second-order valence-electron chi connectivity index (χ2n) is 4.96. The SMILES string of the molecule is CCc1nnc(NC(C)c2ccc(OC(C)C)cc2)s1. The lowest BCUT2D eigenvalue weighted by molar-refractivity contribution is 0.242.